The van der Waals surface area contributed by atoms with Crippen molar-refractivity contribution < 1.29 is 22.2 Å². The SMILES string of the molecule is CC[C@H]1O[C@@H](n2cnc(-c3nccc(=O)[nH]3)c2)CC1O[P@]1O[C@@H](CS(=O)(=O)c2ccccc2)[C@H]2CCCN21. The smallest absolute Gasteiger partial charge is 0.259 e. The van der Waals surface area contributed by atoms with Crippen LogP contribution in [0.5, 0.6) is 0 Å². The Hall–Kier alpha value is -2.47. The number of nitrogens with one attached hydrogen (secondary N) is 1. The topological polar surface area (TPSA) is 129 Å². The third kappa shape index (κ3) is 5.09. The van der Waals surface area contributed by atoms with Crippen LogP contribution in [0.25, 0.3) is 11.5 Å². The molecule has 1 N–H and O–H groups in total. The lowest BCUT2D eigenvalue weighted by molar-refractivity contribution is -0.0167. The molecule has 3 saturated heterocycles. The predicted octanol–water partition coefficient (Wildman–Crippen LogP) is 3.28. The van der Waals surface area contributed by atoms with E-state index in [1.165, 1.54) is 12.3 Å². The second kappa shape index (κ2) is 10.6. The number of nitrogens with zero attached hydrogens (tertiary/aromatic N) is 4. The number of ether oxygens (including phenoxy) is 1. The van der Waals surface area contributed by atoms with Crippen LogP contribution < -0.4 is 5.56 Å². The van der Waals surface area contributed by atoms with E-state index < -0.39 is 24.5 Å². The van der Waals surface area contributed by atoms with Gasteiger partial charge in [-0.05, 0) is 31.4 Å². The van der Waals surface area contributed by atoms with Crippen LogP contribution in [0.4, 0.5) is 0 Å². The average molecular weight is 560 g/mol. The molecule has 13 heteroatoms. The molecule has 3 aliphatic heterocycles. The zero-order valence-corrected chi connectivity index (χ0v) is 22.6. The molecule has 3 aliphatic rings. The zero-order valence-electron chi connectivity index (χ0n) is 20.9. The summed E-state index contributed by atoms with van der Waals surface area (Å²) in [7, 11) is -4.87. The van der Waals surface area contributed by atoms with Crippen molar-refractivity contribution in [2.75, 3.05) is 12.3 Å². The van der Waals surface area contributed by atoms with Crippen molar-refractivity contribution in [2.24, 2.45) is 0 Å². The van der Waals surface area contributed by atoms with Crippen LogP contribution in [0.15, 0.2) is 64.8 Å². The van der Waals surface area contributed by atoms with Gasteiger partial charge in [0.1, 0.15) is 11.9 Å². The van der Waals surface area contributed by atoms with Crippen LogP contribution >= 0.6 is 8.53 Å². The summed E-state index contributed by atoms with van der Waals surface area (Å²) in [6, 6.07) is 9.93. The van der Waals surface area contributed by atoms with Crippen molar-refractivity contribution in [2.45, 2.75) is 68.1 Å². The third-order valence-corrected chi connectivity index (χ3v) is 10.9. The zero-order chi connectivity index (χ0) is 26.3. The van der Waals surface area contributed by atoms with Gasteiger partial charge in [0.25, 0.3) is 14.1 Å². The lowest BCUT2D eigenvalue weighted by Crippen LogP contribution is -2.33. The lowest BCUT2D eigenvalue weighted by Gasteiger charge is -2.25. The molecule has 1 aromatic carbocycles. The highest BCUT2D eigenvalue weighted by molar-refractivity contribution is 7.91. The van der Waals surface area contributed by atoms with Gasteiger partial charge in [-0.1, -0.05) is 25.1 Å². The maximum absolute atomic E-state index is 13.1. The monoisotopic (exact) mass is 559 g/mol. The van der Waals surface area contributed by atoms with Crippen LogP contribution in [-0.2, 0) is 23.6 Å². The van der Waals surface area contributed by atoms with Crippen molar-refractivity contribution in [3.63, 3.8) is 0 Å². The number of rotatable bonds is 8. The van der Waals surface area contributed by atoms with Crippen molar-refractivity contribution in [3.8, 4) is 11.5 Å². The van der Waals surface area contributed by atoms with Gasteiger partial charge >= 0.3 is 0 Å². The van der Waals surface area contributed by atoms with E-state index in [4.69, 9.17) is 13.8 Å². The minimum absolute atomic E-state index is 0.0366. The Morgan fingerprint density at radius 1 is 1.18 bits per heavy atom. The van der Waals surface area contributed by atoms with Crippen LogP contribution in [-0.4, -0.2) is 69.3 Å². The number of aromatic amines is 1. The Morgan fingerprint density at radius 3 is 2.82 bits per heavy atom. The van der Waals surface area contributed by atoms with Crippen LogP contribution in [0.1, 0.15) is 38.8 Å². The van der Waals surface area contributed by atoms with Gasteiger partial charge in [-0.15, -0.1) is 0 Å². The Balaban J connectivity index is 1.14. The van der Waals surface area contributed by atoms with Gasteiger partial charge in [0.15, 0.2) is 15.7 Å². The van der Waals surface area contributed by atoms with Crippen molar-refractivity contribution in [1.82, 2.24) is 24.2 Å². The van der Waals surface area contributed by atoms with Gasteiger partial charge in [-0.2, -0.15) is 0 Å². The van der Waals surface area contributed by atoms with Crippen LogP contribution in [0.2, 0.25) is 0 Å². The number of sulfone groups is 1. The summed E-state index contributed by atoms with van der Waals surface area (Å²) in [4.78, 5) is 23.2. The minimum atomic E-state index is -3.48. The summed E-state index contributed by atoms with van der Waals surface area (Å²) in [6.07, 6.45) is 7.10. The number of benzene rings is 1. The molecule has 1 unspecified atom stereocenters. The first-order valence-electron chi connectivity index (χ1n) is 12.8. The van der Waals surface area contributed by atoms with Gasteiger partial charge < -0.3 is 23.3 Å². The minimum Gasteiger partial charge on any atom is -0.352 e. The van der Waals surface area contributed by atoms with Crippen molar-refractivity contribution in [1.29, 1.82) is 0 Å². The molecule has 0 amide bonds. The molecule has 11 nitrogen and oxygen atoms in total. The molecule has 5 heterocycles. The molecule has 0 radical (unpaired) electrons. The van der Waals surface area contributed by atoms with Crippen molar-refractivity contribution >= 4 is 18.4 Å². The Morgan fingerprint density at radius 2 is 2.03 bits per heavy atom. The standard InChI is InChI=1S/C25H30N5O6PS/c1-2-20-21(13-24(34-20)29-14-18(27-16-29)25-26-11-10-23(31)28-25)35-37-30-12-6-9-19(30)22(36-37)15-38(32,33)17-7-4-3-5-8-17/h3-5,7-8,10-11,14,16,19-22,24H,2,6,9,12-13,15H2,1H3,(H,26,28,31)/t19-,20-,21?,22+,24-,37-/m1/s1. The van der Waals surface area contributed by atoms with E-state index in [9.17, 15) is 13.2 Å². The fraction of sp³-hybridized carbons (Fsp3) is 0.480. The summed E-state index contributed by atoms with van der Waals surface area (Å²) in [5.74, 6) is 0.336. The Labute approximate surface area is 222 Å². The van der Waals surface area contributed by atoms with Crippen molar-refractivity contribution in [3.05, 3.63) is 65.5 Å². The first kappa shape index (κ1) is 25.8. The summed E-state index contributed by atoms with van der Waals surface area (Å²) >= 11 is 0. The molecule has 3 fully saturated rings. The largest absolute Gasteiger partial charge is 0.352 e. The molecule has 0 aliphatic carbocycles. The first-order chi connectivity index (χ1) is 18.4. The molecule has 6 atom stereocenters. The van der Waals surface area contributed by atoms with Gasteiger partial charge in [0, 0.05) is 37.5 Å². The number of imidazole rings is 1. The first-order valence-corrected chi connectivity index (χ1v) is 15.6. The quantitative estimate of drug-likeness (QED) is 0.414. The second-order valence-corrected chi connectivity index (χ2v) is 13.2. The average Bonchev–Trinajstić information content (AvgIpc) is 3.71. The maximum atomic E-state index is 13.1. The molecule has 6 rings (SSSR count). The van der Waals surface area contributed by atoms with E-state index in [0.29, 0.717) is 22.8 Å². The molecule has 0 spiro atoms. The molecule has 3 aromatic rings. The summed E-state index contributed by atoms with van der Waals surface area (Å²) < 4.78 is 49.4. The van der Waals surface area contributed by atoms with E-state index in [1.54, 1.807) is 36.8 Å². The number of hydrogen-bond donors (Lipinski definition) is 1. The molecule has 2 aromatic heterocycles. The number of hydrogen-bond acceptors (Lipinski definition) is 9. The third-order valence-electron chi connectivity index (χ3n) is 7.28. The Bertz CT molecular complexity index is 1430. The maximum Gasteiger partial charge on any atom is 0.259 e. The fourth-order valence-corrected chi connectivity index (χ4v) is 8.95. The van der Waals surface area contributed by atoms with Crippen LogP contribution in [0, 0.1) is 0 Å². The molecular formula is C25H30N5O6PS. The summed E-state index contributed by atoms with van der Waals surface area (Å²) in [6.45, 7) is 2.89. The van der Waals surface area contributed by atoms with Crippen LogP contribution in [0.3, 0.4) is 0 Å². The van der Waals surface area contributed by atoms with E-state index in [2.05, 4.69) is 26.5 Å². The predicted molar refractivity (Wildman–Crippen MR) is 140 cm³/mol. The fourth-order valence-electron chi connectivity index (χ4n) is 5.36. The lowest BCUT2D eigenvalue weighted by atomic mass is 10.1. The highest BCUT2D eigenvalue weighted by Gasteiger charge is 2.50. The van der Waals surface area contributed by atoms with E-state index in [0.717, 1.165) is 25.8 Å². The molecule has 0 saturated carbocycles. The second-order valence-electron chi connectivity index (χ2n) is 9.75. The summed E-state index contributed by atoms with van der Waals surface area (Å²) in [5, 5.41) is 0. The number of aromatic nitrogens is 4. The van der Waals surface area contributed by atoms with Gasteiger partial charge in [0.05, 0.1) is 35.3 Å². The van der Waals surface area contributed by atoms with Gasteiger partial charge in [0.2, 0.25) is 0 Å². The highest BCUT2D eigenvalue weighted by Crippen LogP contribution is 2.58. The molecule has 38 heavy (non-hydrogen) atoms. The van der Waals surface area contributed by atoms with E-state index >= 15 is 0 Å². The summed E-state index contributed by atoms with van der Waals surface area (Å²) in [5.41, 5.74) is 0.310. The molecular weight excluding hydrogens is 529 g/mol. The highest BCUT2D eigenvalue weighted by atomic mass is 32.2. The van der Waals surface area contributed by atoms with Gasteiger partial charge in [-0.25, -0.2) is 23.1 Å². The van der Waals surface area contributed by atoms with E-state index in [1.807, 2.05) is 10.6 Å². The number of H-pyrrole nitrogens is 1. The Kier molecular flexibility index (Phi) is 7.19. The number of fused-ring (bicyclic) bond motifs is 1. The molecule has 0 bridgehead atoms. The molecule has 202 valence electrons. The normalized spacial score (nSPS) is 29.6. The van der Waals surface area contributed by atoms with Gasteiger partial charge in [-0.3, -0.25) is 4.79 Å². The van der Waals surface area contributed by atoms with E-state index in [-0.39, 0.29) is 35.8 Å².